The molecular weight excluding hydrogens is 328 g/mol. The van der Waals surface area contributed by atoms with Crippen LogP contribution in [0.15, 0.2) is 23.3 Å². The lowest BCUT2D eigenvalue weighted by Gasteiger charge is -2.37. The summed E-state index contributed by atoms with van der Waals surface area (Å²) in [5.41, 5.74) is 2.42. The van der Waals surface area contributed by atoms with E-state index in [0.29, 0.717) is 6.04 Å². The van der Waals surface area contributed by atoms with Gasteiger partial charge >= 0.3 is 0 Å². The normalized spacial score (nSPS) is 19.9. The van der Waals surface area contributed by atoms with E-state index in [9.17, 15) is 4.79 Å². The molecule has 2 aromatic rings. The highest BCUT2D eigenvalue weighted by Gasteiger charge is 2.25. The fourth-order valence-electron chi connectivity index (χ4n) is 4.05. The zero-order valence-electron chi connectivity index (χ0n) is 15.3. The molecule has 26 heavy (non-hydrogen) atoms. The Labute approximate surface area is 153 Å². The third-order valence-electron chi connectivity index (χ3n) is 5.50. The Morgan fingerprint density at radius 1 is 1.15 bits per heavy atom. The fraction of sp³-hybridized carbons (Fsp3) is 0.579. The number of aryl methyl sites for hydroxylation is 2. The molecule has 1 fully saturated rings. The van der Waals surface area contributed by atoms with Crippen LogP contribution in [0.5, 0.6) is 0 Å². The molecule has 0 spiro atoms. The molecule has 0 radical (unpaired) electrons. The summed E-state index contributed by atoms with van der Waals surface area (Å²) >= 11 is 0. The minimum Gasteiger partial charge on any atom is -0.368 e. The van der Waals surface area contributed by atoms with Crippen molar-refractivity contribution in [3.8, 4) is 0 Å². The van der Waals surface area contributed by atoms with Crippen LogP contribution >= 0.6 is 0 Å². The molecule has 1 unspecified atom stereocenters. The highest BCUT2D eigenvalue weighted by atomic mass is 16.1. The van der Waals surface area contributed by atoms with Crippen LogP contribution < -0.4 is 15.8 Å². The van der Waals surface area contributed by atoms with Crippen LogP contribution in [0.2, 0.25) is 0 Å². The molecule has 1 saturated heterocycles. The van der Waals surface area contributed by atoms with Gasteiger partial charge in [-0.2, -0.15) is 5.10 Å². The molecule has 7 nitrogen and oxygen atoms in total. The van der Waals surface area contributed by atoms with Crippen molar-refractivity contribution in [2.24, 2.45) is 7.05 Å². The second-order valence-electron chi connectivity index (χ2n) is 7.23. The van der Waals surface area contributed by atoms with Gasteiger partial charge in [0.05, 0.1) is 0 Å². The van der Waals surface area contributed by atoms with Gasteiger partial charge in [0.2, 0.25) is 0 Å². The molecular formula is C19H26N6O. The number of anilines is 2. The van der Waals surface area contributed by atoms with Gasteiger partial charge in [0.25, 0.3) is 5.56 Å². The average molecular weight is 354 g/mol. The molecule has 1 N–H and O–H groups in total. The summed E-state index contributed by atoms with van der Waals surface area (Å²) in [4.78, 5) is 22.9. The molecule has 0 saturated carbocycles. The molecule has 7 heteroatoms. The smallest absolute Gasteiger partial charge is 0.266 e. The van der Waals surface area contributed by atoms with Gasteiger partial charge in [-0.1, -0.05) is 0 Å². The number of nitrogens with one attached hydrogen (secondary N) is 1. The first kappa shape index (κ1) is 17.0. The Morgan fingerprint density at radius 2 is 2.04 bits per heavy atom. The molecule has 138 valence electrons. The molecule has 0 amide bonds. The number of fused-ring (bicyclic) bond motifs is 1. The van der Waals surface area contributed by atoms with Gasteiger partial charge in [0.15, 0.2) is 0 Å². The summed E-state index contributed by atoms with van der Waals surface area (Å²) in [5.74, 6) is 1.87. The zero-order chi connectivity index (χ0) is 17.9. The van der Waals surface area contributed by atoms with Crippen LogP contribution in [-0.2, 0) is 19.9 Å². The molecule has 2 aromatic heterocycles. The minimum atomic E-state index is -0.0759. The van der Waals surface area contributed by atoms with Crippen molar-refractivity contribution in [1.29, 1.82) is 0 Å². The molecule has 4 rings (SSSR count). The standard InChI is InChI=1S/C19H26N6O/c1-24-18(26)10-9-17(23-24)25-11-5-4-6-14(25)12-20-19-15-7-2-3-8-16(15)21-13-22-19/h9-10,13-14H,2-8,11-12H2,1H3,(H,20,21,22). The number of hydrogen-bond acceptors (Lipinski definition) is 6. The van der Waals surface area contributed by atoms with Crippen LogP contribution in [0.25, 0.3) is 0 Å². The highest BCUT2D eigenvalue weighted by Crippen LogP contribution is 2.26. The summed E-state index contributed by atoms with van der Waals surface area (Å²) in [5, 5.41) is 8.03. The maximum atomic E-state index is 11.6. The summed E-state index contributed by atoms with van der Waals surface area (Å²) in [6.07, 6.45) is 9.73. The topological polar surface area (TPSA) is 75.9 Å². The van der Waals surface area contributed by atoms with Crippen LogP contribution in [0.1, 0.15) is 43.4 Å². The number of piperidine rings is 1. The number of nitrogens with zero attached hydrogens (tertiary/aromatic N) is 5. The summed E-state index contributed by atoms with van der Waals surface area (Å²) in [6.45, 7) is 1.80. The second kappa shape index (κ2) is 7.43. The van der Waals surface area contributed by atoms with E-state index in [0.717, 1.165) is 50.4 Å². The molecule has 0 bridgehead atoms. The summed E-state index contributed by atoms with van der Waals surface area (Å²) in [6, 6.07) is 3.79. The molecule has 0 aromatic carbocycles. The van der Waals surface area contributed by atoms with E-state index < -0.39 is 0 Å². The van der Waals surface area contributed by atoms with E-state index in [-0.39, 0.29) is 5.56 Å². The first-order valence-corrected chi connectivity index (χ1v) is 9.60. The van der Waals surface area contributed by atoms with E-state index in [1.54, 1.807) is 19.4 Å². The Balaban J connectivity index is 1.51. The lowest BCUT2D eigenvalue weighted by molar-refractivity contribution is 0.464. The SMILES string of the molecule is Cn1nc(N2CCCCC2CNc2ncnc3c2CCCC3)ccc1=O. The lowest BCUT2D eigenvalue weighted by atomic mass is 9.96. The van der Waals surface area contributed by atoms with Gasteiger partial charge in [-0.25, -0.2) is 14.6 Å². The van der Waals surface area contributed by atoms with Gasteiger partial charge < -0.3 is 10.2 Å². The first-order valence-electron chi connectivity index (χ1n) is 9.60. The number of rotatable bonds is 4. The van der Waals surface area contributed by atoms with Gasteiger partial charge in [-0.15, -0.1) is 0 Å². The fourth-order valence-corrected chi connectivity index (χ4v) is 4.05. The highest BCUT2D eigenvalue weighted by molar-refractivity contribution is 5.48. The molecule has 1 aliphatic heterocycles. The predicted molar refractivity (Wildman–Crippen MR) is 102 cm³/mol. The van der Waals surface area contributed by atoms with Crippen molar-refractivity contribution in [2.45, 2.75) is 51.0 Å². The van der Waals surface area contributed by atoms with Crippen molar-refractivity contribution >= 4 is 11.6 Å². The minimum absolute atomic E-state index is 0.0759. The third-order valence-corrected chi connectivity index (χ3v) is 5.50. The van der Waals surface area contributed by atoms with Gasteiger partial charge in [0, 0.05) is 43.5 Å². The van der Waals surface area contributed by atoms with E-state index in [1.165, 1.54) is 35.2 Å². The Hall–Kier alpha value is -2.44. The largest absolute Gasteiger partial charge is 0.368 e. The van der Waals surface area contributed by atoms with Crippen LogP contribution in [0.4, 0.5) is 11.6 Å². The van der Waals surface area contributed by atoms with Crippen molar-refractivity contribution in [2.75, 3.05) is 23.3 Å². The van der Waals surface area contributed by atoms with E-state index in [1.807, 2.05) is 6.07 Å². The summed E-state index contributed by atoms with van der Waals surface area (Å²) < 4.78 is 1.41. The van der Waals surface area contributed by atoms with Gasteiger partial charge in [-0.05, 0) is 51.0 Å². The summed E-state index contributed by atoms with van der Waals surface area (Å²) in [7, 11) is 1.70. The average Bonchev–Trinajstić information content (AvgIpc) is 2.69. The van der Waals surface area contributed by atoms with Crippen LogP contribution in [0, 0.1) is 0 Å². The van der Waals surface area contributed by atoms with Crippen molar-refractivity contribution in [1.82, 2.24) is 19.7 Å². The van der Waals surface area contributed by atoms with E-state index in [4.69, 9.17) is 0 Å². The maximum Gasteiger partial charge on any atom is 0.266 e. The Morgan fingerprint density at radius 3 is 2.92 bits per heavy atom. The quantitative estimate of drug-likeness (QED) is 0.904. The van der Waals surface area contributed by atoms with E-state index >= 15 is 0 Å². The molecule has 1 atom stereocenters. The maximum absolute atomic E-state index is 11.6. The van der Waals surface area contributed by atoms with Crippen LogP contribution in [0.3, 0.4) is 0 Å². The third kappa shape index (κ3) is 3.43. The number of hydrogen-bond donors (Lipinski definition) is 1. The Bertz CT molecular complexity index is 833. The van der Waals surface area contributed by atoms with Crippen LogP contribution in [-0.4, -0.2) is 38.9 Å². The van der Waals surface area contributed by atoms with Crippen molar-refractivity contribution in [3.63, 3.8) is 0 Å². The zero-order valence-corrected chi connectivity index (χ0v) is 15.3. The second-order valence-corrected chi connectivity index (χ2v) is 7.23. The Kier molecular flexibility index (Phi) is 4.86. The molecule has 1 aliphatic carbocycles. The van der Waals surface area contributed by atoms with Crippen molar-refractivity contribution in [3.05, 3.63) is 40.1 Å². The van der Waals surface area contributed by atoms with Gasteiger partial charge in [-0.3, -0.25) is 4.79 Å². The van der Waals surface area contributed by atoms with Crippen molar-refractivity contribution < 1.29 is 0 Å². The first-order chi connectivity index (χ1) is 12.7. The monoisotopic (exact) mass is 354 g/mol. The lowest BCUT2D eigenvalue weighted by Crippen LogP contribution is -2.45. The molecule has 3 heterocycles. The molecule has 2 aliphatic rings. The van der Waals surface area contributed by atoms with Gasteiger partial charge in [0.1, 0.15) is 18.0 Å². The van der Waals surface area contributed by atoms with E-state index in [2.05, 4.69) is 25.3 Å². The predicted octanol–water partition coefficient (Wildman–Crippen LogP) is 1.92. The number of aromatic nitrogens is 4.